The molecule has 1 aromatic heterocycles. The summed E-state index contributed by atoms with van der Waals surface area (Å²) < 4.78 is 15.5. The van der Waals surface area contributed by atoms with E-state index in [1.807, 2.05) is 0 Å². The molecule has 1 aromatic carbocycles. The highest BCUT2D eigenvalue weighted by Crippen LogP contribution is 2.29. The van der Waals surface area contributed by atoms with Crippen LogP contribution in [0.3, 0.4) is 0 Å². The average Bonchev–Trinajstić information content (AvgIpc) is 2.55. The Balaban J connectivity index is 2.81. The third-order valence-corrected chi connectivity index (χ3v) is 2.84. The van der Waals surface area contributed by atoms with Gasteiger partial charge in [0.15, 0.2) is 0 Å². The Labute approximate surface area is 101 Å². The third kappa shape index (κ3) is 2.06. The molecule has 0 atom stereocenters. The molecule has 92 valence electrons. The van der Waals surface area contributed by atoms with Gasteiger partial charge < -0.3 is 4.57 Å². The van der Waals surface area contributed by atoms with Gasteiger partial charge in [-0.25, -0.2) is 9.37 Å². The maximum Gasteiger partial charge on any atom is 0.125 e. The Morgan fingerprint density at radius 3 is 2.41 bits per heavy atom. The zero-order valence-electron chi connectivity index (χ0n) is 11.1. The van der Waals surface area contributed by atoms with Gasteiger partial charge in [0, 0.05) is 11.5 Å². The van der Waals surface area contributed by atoms with Crippen LogP contribution in [0.1, 0.15) is 46.5 Å². The van der Waals surface area contributed by atoms with Crippen LogP contribution in [0.5, 0.6) is 0 Å². The summed E-state index contributed by atoms with van der Waals surface area (Å²) >= 11 is 0. The van der Waals surface area contributed by atoms with Crippen LogP contribution < -0.4 is 0 Å². The Morgan fingerprint density at radius 1 is 1.24 bits per heavy atom. The number of nitrogens with zero attached hydrogens (tertiary/aromatic N) is 2. The molecule has 3 heteroatoms. The second-order valence-corrected chi connectivity index (χ2v) is 5.78. The first-order chi connectivity index (χ1) is 7.80. The minimum atomic E-state index is -0.209. The maximum absolute atomic E-state index is 13.3. The summed E-state index contributed by atoms with van der Waals surface area (Å²) in [6.45, 7) is 10.6. The van der Waals surface area contributed by atoms with Gasteiger partial charge >= 0.3 is 0 Å². The first kappa shape index (κ1) is 12.1. The van der Waals surface area contributed by atoms with E-state index in [0.29, 0.717) is 0 Å². The van der Waals surface area contributed by atoms with Gasteiger partial charge in [0.05, 0.1) is 11.0 Å². The standard InChI is InChI=1S/C14H19FN2/c1-9(2)17-12-8-10(15)6-7-11(12)16-13(17)14(3,4)5/h6-9H,1-5H3. The Bertz CT molecular complexity index is 547. The van der Waals surface area contributed by atoms with Crippen LogP contribution >= 0.6 is 0 Å². The van der Waals surface area contributed by atoms with Crippen LogP contribution in [-0.4, -0.2) is 9.55 Å². The fraction of sp³-hybridized carbons (Fsp3) is 0.500. The zero-order valence-corrected chi connectivity index (χ0v) is 11.1. The minimum Gasteiger partial charge on any atom is -0.325 e. The normalized spacial score (nSPS) is 12.6. The van der Waals surface area contributed by atoms with Gasteiger partial charge in [0.1, 0.15) is 11.6 Å². The van der Waals surface area contributed by atoms with Gasteiger partial charge in [-0.15, -0.1) is 0 Å². The van der Waals surface area contributed by atoms with E-state index < -0.39 is 0 Å². The molecule has 1 heterocycles. The Morgan fingerprint density at radius 2 is 1.88 bits per heavy atom. The summed E-state index contributed by atoms with van der Waals surface area (Å²) in [7, 11) is 0. The summed E-state index contributed by atoms with van der Waals surface area (Å²) in [5.74, 6) is 0.799. The number of halogens is 1. The molecule has 2 aromatic rings. The molecule has 0 amide bonds. The van der Waals surface area contributed by atoms with Gasteiger partial charge in [-0.3, -0.25) is 0 Å². The van der Waals surface area contributed by atoms with Crippen molar-refractivity contribution in [3.8, 4) is 0 Å². The van der Waals surface area contributed by atoms with Crippen molar-refractivity contribution >= 4 is 11.0 Å². The maximum atomic E-state index is 13.3. The van der Waals surface area contributed by atoms with Gasteiger partial charge in [-0.1, -0.05) is 20.8 Å². The lowest BCUT2D eigenvalue weighted by molar-refractivity contribution is 0.477. The van der Waals surface area contributed by atoms with E-state index in [0.717, 1.165) is 16.9 Å². The van der Waals surface area contributed by atoms with E-state index >= 15 is 0 Å². The molecule has 0 fully saturated rings. The molecule has 0 spiro atoms. The quantitative estimate of drug-likeness (QED) is 0.727. The highest BCUT2D eigenvalue weighted by Gasteiger charge is 2.24. The smallest absolute Gasteiger partial charge is 0.125 e. The molecule has 0 saturated carbocycles. The lowest BCUT2D eigenvalue weighted by Gasteiger charge is -2.22. The van der Waals surface area contributed by atoms with E-state index in [1.165, 1.54) is 6.07 Å². The number of fused-ring (bicyclic) bond motifs is 1. The van der Waals surface area contributed by atoms with Gasteiger partial charge in [0.25, 0.3) is 0 Å². The molecule has 2 rings (SSSR count). The Kier molecular flexibility index (Phi) is 2.72. The van der Waals surface area contributed by atoms with Crippen molar-refractivity contribution in [1.29, 1.82) is 0 Å². The van der Waals surface area contributed by atoms with Gasteiger partial charge in [-0.2, -0.15) is 0 Å². The van der Waals surface area contributed by atoms with Crippen LogP contribution in [0.25, 0.3) is 11.0 Å². The van der Waals surface area contributed by atoms with E-state index in [1.54, 1.807) is 12.1 Å². The Hall–Kier alpha value is -1.38. The molecule has 0 aliphatic heterocycles. The molecule has 0 unspecified atom stereocenters. The van der Waals surface area contributed by atoms with Crippen molar-refractivity contribution in [2.75, 3.05) is 0 Å². The fourth-order valence-electron chi connectivity index (χ4n) is 2.12. The molecule has 0 aliphatic carbocycles. The molecule has 0 aliphatic rings. The number of rotatable bonds is 1. The molecule has 0 bridgehead atoms. The summed E-state index contributed by atoms with van der Waals surface area (Å²) in [5.41, 5.74) is 1.70. The largest absolute Gasteiger partial charge is 0.325 e. The number of imidazole rings is 1. The first-order valence-corrected chi connectivity index (χ1v) is 5.98. The minimum absolute atomic E-state index is 0.0419. The first-order valence-electron chi connectivity index (χ1n) is 5.98. The second kappa shape index (κ2) is 3.83. The molecule has 0 saturated heterocycles. The summed E-state index contributed by atoms with van der Waals surface area (Å²) in [6, 6.07) is 5.05. The third-order valence-electron chi connectivity index (χ3n) is 2.84. The highest BCUT2D eigenvalue weighted by molar-refractivity contribution is 5.76. The molecular weight excluding hydrogens is 215 g/mol. The predicted octanol–water partition coefficient (Wildman–Crippen LogP) is 4.05. The highest BCUT2D eigenvalue weighted by atomic mass is 19.1. The molecule has 2 nitrogen and oxygen atoms in total. The van der Waals surface area contributed by atoms with Gasteiger partial charge in [-0.05, 0) is 32.0 Å². The lowest BCUT2D eigenvalue weighted by Crippen LogP contribution is -2.20. The summed E-state index contributed by atoms with van der Waals surface area (Å²) in [5, 5.41) is 0. The van der Waals surface area contributed by atoms with Crippen molar-refractivity contribution in [2.24, 2.45) is 0 Å². The second-order valence-electron chi connectivity index (χ2n) is 5.78. The van der Waals surface area contributed by atoms with Gasteiger partial charge in [0.2, 0.25) is 0 Å². The van der Waals surface area contributed by atoms with Crippen LogP contribution in [0, 0.1) is 5.82 Å². The molecule has 17 heavy (non-hydrogen) atoms. The van der Waals surface area contributed by atoms with Crippen molar-refractivity contribution in [3.05, 3.63) is 29.8 Å². The van der Waals surface area contributed by atoms with Crippen LogP contribution in [0.4, 0.5) is 4.39 Å². The molecule has 0 N–H and O–H groups in total. The monoisotopic (exact) mass is 234 g/mol. The number of aromatic nitrogens is 2. The topological polar surface area (TPSA) is 17.8 Å². The van der Waals surface area contributed by atoms with Crippen molar-refractivity contribution in [2.45, 2.75) is 46.1 Å². The van der Waals surface area contributed by atoms with E-state index in [9.17, 15) is 4.39 Å². The fourth-order valence-corrected chi connectivity index (χ4v) is 2.12. The molecule has 0 radical (unpaired) electrons. The number of hydrogen-bond donors (Lipinski definition) is 0. The number of hydrogen-bond acceptors (Lipinski definition) is 1. The lowest BCUT2D eigenvalue weighted by atomic mass is 9.95. The van der Waals surface area contributed by atoms with Crippen LogP contribution in [-0.2, 0) is 5.41 Å². The van der Waals surface area contributed by atoms with Crippen molar-refractivity contribution < 1.29 is 4.39 Å². The van der Waals surface area contributed by atoms with Crippen molar-refractivity contribution in [3.63, 3.8) is 0 Å². The predicted molar refractivity (Wildman–Crippen MR) is 68.8 cm³/mol. The van der Waals surface area contributed by atoms with Crippen LogP contribution in [0.2, 0.25) is 0 Å². The zero-order chi connectivity index (χ0) is 12.8. The summed E-state index contributed by atoms with van der Waals surface area (Å²) in [6.07, 6.45) is 0. The van der Waals surface area contributed by atoms with Crippen LogP contribution in [0.15, 0.2) is 18.2 Å². The SMILES string of the molecule is CC(C)n1c(C(C)(C)C)nc2ccc(F)cc21. The van der Waals surface area contributed by atoms with Crippen molar-refractivity contribution in [1.82, 2.24) is 9.55 Å². The average molecular weight is 234 g/mol. The molecular formula is C14H19FN2. The van der Waals surface area contributed by atoms with E-state index in [-0.39, 0.29) is 17.3 Å². The summed E-state index contributed by atoms with van der Waals surface area (Å²) in [4.78, 5) is 4.64. The number of benzene rings is 1. The van der Waals surface area contributed by atoms with E-state index in [2.05, 4.69) is 44.2 Å². The van der Waals surface area contributed by atoms with E-state index in [4.69, 9.17) is 0 Å².